The van der Waals surface area contributed by atoms with Crippen molar-refractivity contribution in [3.63, 3.8) is 0 Å². The fourth-order valence-electron chi connectivity index (χ4n) is 4.91. The van der Waals surface area contributed by atoms with E-state index >= 15 is 0 Å². The van der Waals surface area contributed by atoms with Crippen LogP contribution in [-0.4, -0.2) is 50.5 Å². The summed E-state index contributed by atoms with van der Waals surface area (Å²) in [4.78, 5) is 25.3. The van der Waals surface area contributed by atoms with Crippen molar-refractivity contribution < 1.29 is 48.5 Å². The molecule has 0 saturated heterocycles. The molecule has 0 amide bonds. The number of fused-ring (bicyclic) bond motifs is 2. The van der Waals surface area contributed by atoms with Gasteiger partial charge >= 0.3 is 0 Å². The van der Waals surface area contributed by atoms with Crippen molar-refractivity contribution >= 4 is 64.7 Å². The van der Waals surface area contributed by atoms with Gasteiger partial charge in [-0.1, -0.05) is 30.3 Å². The molecule has 0 spiro atoms. The maximum atomic E-state index is 13.9. The smallest absolute Gasteiger partial charge is 0.296 e. The lowest BCUT2D eigenvalue weighted by atomic mass is 9.82. The highest BCUT2D eigenvalue weighted by molar-refractivity contribution is 7.87. The number of carbonyl (C=O) groups is 2. The van der Waals surface area contributed by atoms with Gasteiger partial charge in [-0.3, -0.25) is 23.2 Å². The second-order valence-corrected chi connectivity index (χ2v) is 14.1. The lowest BCUT2D eigenvalue weighted by Gasteiger charge is -2.25. The first-order chi connectivity index (χ1) is 20.4. The second kappa shape index (κ2) is 10.6. The molecule has 44 heavy (non-hydrogen) atoms. The summed E-state index contributed by atoms with van der Waals surface area (Å²) in [5.74, 6) is -1.44. The SMILES string of the molecule is Cc1ccc(Nc2ccc(Nc3c(S(=O)(=O)O)cc(C)cc3S(=O)(=O)O)c3c2C(=O)c2ccccc2C3=O)c(S(=O)(=O)O)c1. The van der Waals surface area contributed by atoms with Crippen LogP contribution in [0.15, 0.2) is 81.4 Å². The minimum absolute atomic E-state index is 0.00306. The highest BCUT2D eigenvalue weighted by atomic mass is 32.2. The lowest BCUT2D eigenvalue weighted by molar-refractivity contribution is 0.0980. The molecule has 1 aliphatic rings. The van der Waals surface area contributed by atoms with Crippen LogP contribution >= 0.6 is 0 Å². The molecule has 0 saturated carbocycles. The van der Waals surface area contributed by atoms with E-state index in [1.807, 2.05) is 0 Å². The summed E-state index contributed by atoms with van der Waals surface area (Å²) < 4.78 is 103. The lowest BCUT2D eigenvalue weighted by Crippen LogP contribution is -2.24. The first-order valence-corrected chi connectivity index (χ1v) is 16.8. The molecule has 5 rings (SSSR count). The summed E-state index contributed by atoms with van der Waals surface area (Å²) >= 11 is 0. The third-order valence-electron chi connectivity index (χ3n) is 6.79. The predicted octanol–water partition coefficient (Wildman–Crippen LogP) is 4.31. The van der Waals surface area contributed by atoms with E-state index in [2.05, 4.69) is 10.6 Å². The van der Waals surface area contributed by atoms with Crippen LogP contribution in [0, 0.1) is 13.8 Å². The summed E-state index contributed by atoms with van der Waals surface area (Å²) in [7, 11) is -15.0. The van der Waals surface area contributed by atoms with E-state index in [9.17, 15) is 48.5 Å². The zero-order chi connectivity index (χ0) is 32.4. The summed E-state index contributed by atoms with van der Waals surface area (Å²) in [5, 5.41) is 5.28. The number of aryl methyl sites for hydroxylation is 2. The van der Waals surface area contributed by atoms with Gasteiger partial charge in [-0.05, 0) is 61.4 Å². The van der Waals surface area contributed by atoms with Gasteiger partial charge in [0.1, 0.15) is 14.7 Å². The molecular weight excluding hydrogens is 637 g/mol. The Bertz CT molecular complexity index is 2210. The Kier molecular flexibility index (Phi) is 7.48. The van der Waals surface area contributed by atoms with Crippen LogP contribution in [0.4, 0.5) is 22.7 Å². The Balaban J connectivity index is 1.80. The highest BCUT2D eigenvalue weighted by Gasteiger charge is 2.35. The highest BCUT2D eigenvalue weighted by Crippen LogP contribution is 2.41. The second-order valence-electron chi connectivity index (χ2n) is 9.93. The number of benzene rings is 4. The van der Waals surface area contributed by atoms with Gasteiger partial charge in [0.2, 0.25) is 0 Å². The number of ketones is 2. The van der Waals surface area contributed by atoms with Gasteiger partial charge < -0.3 is 10.6 Å². The van der Waals surface area contributed by atoms with E-state index < -0.39 is 62.3 Å². The molecule has 0 bridgehead atoms. The standard InChI is InChI=1S/C28H22N2O11S3/c1-14-7-8-18(21(11-14)42(33,34)35)29-19-9-10-20(25-24(19)27(31)16-5-3-4-6-17(16)28(25)32)30-26-22(43(36,37)38)12-15(2)13-23(26)44(39,40)41/h3-13,29-30H,1-2H3,(H,33,34,35)(H,36,37,38)(H,39,40,41). The normalized spacial score (nSPS) is 13.3. The molecule has 16 heteroatoms. The quantitative estimate of drug-likeness (QED) is 0.154. The molecule has 4 aromatic rings. The van der Waals surface area contributed by atoms with Crippen LogP contribution < -0.4 is 10.6 Å². The molecule has 0 radical (unpaired) electrons. The van der Waals surface area contributed by atoms with Gasteiger partial charge in [-0.25, -0.2) is 0 Å². The molecule has 0 heterocycles. The number of hydrogen-bond donors (Lipinski definition) is 5. The molecule has 0 aromatic heterocycles. The molecule has 5 N–H and O–H groups in total. The molecule has 1 aliphatic carbocycles. The zero-order valence-corrected chi connectivity index (χ0v) is 25.1. The fourth-order valence-corrected chi connectivity index (χ4v) is 7.21. The van der Waals surface area contributed by atoms with Gasteiger partial charge in [0, 0.05) is 11.1 Å². The van der Waals surface area contributed by atoms with Gasteiger partial charge in [0.05, 0.1) is 33.9 Å². The average molecular weight is 659 g/mol. The van der Waals surface area contributed by atoms with Crippen LogP contribution in [0.1, 0.15) is 43.0 Å². The average Bonchev–Trinajstić information content (AvgIpc) is 2.92. The Morgan fingerprint density at radius 2 is 0.932 bits per heavy atom. The zero-order valence-electron chi connectivity index (χ0n) is 22.7. The number of carbonyl (C=O) groups excluding carboxylic acids is 2. The summed E-state index contributed by atoms with van der Waals surface area (Å²) in [6, 6.07) is 14.1. The minimum atomic E-state index is -5.11. The van der Waals surface area contributed by atoms with Crippen LogP contribution in [0.3, 0.4) is 0 Å². The van der Waals surface area contributed by atoms with Crippen LogP contribution in [0.25, 0.3) is 0 Å². The monoisotopic (exact) mass is 658 g/mol. The Hall–Kier alpha value is -4.45. The number of hydrogen-bond acceptors (Lipinski definition) is 10. The van der Waals surface area contributed by atoms with Crippen molar-refractivity contribution in [3.05, 3.63) is 100 Å². The Morgan fingerprint density at radius 3 is 1.39 bits per heavy atom. The predicted molar refractivity (Wildman–Crippen MR) is 158 cm³/mol. The van der Waals surface area contributed by atoms with Crippen molar-refractivity contribution in [2.75, 3.05) is 10.6 Å². The van der Waals surface area contributed by atoms with Gasteiger partial charge in [0.15, 0.2) is 11.6 Å². The fraction of sp³-hybridized carbons (Fsp3) is 0.0714. The minimum Gasteiger partial charge on any atom is -0.354 e. The Labute approximate surface area is 251 Å². The van der Waals surface area contributed by atoms with E-state index in [1.165, 1.54) is 61.5 Å². The van der Waals surface area contributed by atoms with Crippen molar-refractivity contribution in [1.29, 1.82) is 0 Å². The maximum Gasteiger partial charge on any atom is 0.296 e. The van der Waals surface area contributed by atoms with E-state index in [1.54, 1.807) is 6.92 Å². The summed E-state index contributed by atoms with van der Waals surface area (Å²) in [5.41, 5.74) is -1.45. The molecule has 4 aromatic carbocycles. The van der Waals surface area contributed by atoms with Crippen molar-refractivity contribution in [2.45, 2.75) is 28.5 Å². The van der Waals surface area contributed by atoms with Crippen molar-refractivity contribution in [3.8, 4) is 0 Å². The third kappa shape index (κ3) is 5.61. The molecule has 0 atom stereocenters. The van der Waals surface area contributed by atoms with E-state index in [0.717, 1.165) is 12.1 Å². The van der Waals surface area contributed by atoms with E-state index in [0.29, 0.717) is 5.56 Å². The van der Waals surface area contributed by atoms with Gasteiger partial charge in [-0.2, -0.15) is 25.3 Å². The Morgan fingerprint density at radius 1 is 0.523 bits per heavy atom. The van der Waals surface area contributed by atoms with Crippen LogP contribution in [0.2, 0.25) is 0 Å². The summed E-state index contributed by atoms with van der Waals surface area (Å²) in [6.07, 6.45) is 0. The maximum absolute atomic E-state index is 13.9. The molecular formula is C28H22N2O11S3. The third-order valence-corrected chi connectivity index (χ3v) is 9.44. The molecule has 228 valence electrons. The molecule has 0 fully saturated rings. The molecule has 13 nitrogen and oxygen atoms in total. The van der Waals surface area contributed by atoms with E-state index in [4.69, 9.17) is 0 Å². The van der Waals surface area contributed by atoms with E-state index in [-0.39, 0.29) is 44.9 Å². The van der Waals surface area contributed by atoms with Gasteiger partial charge in [0.25, 0.3) is 30.4 Å². The van der Waals surface area contributed by atoms with Crippen molar-refractivity contribution in [1.82, 2.24) is 0 Å². The molecule has 0 aliphatic heterocycles. The number of anilines is 4. The number of rotatable bonds is 7. The van der Waals surface area contributed by atoms with Gasteiger partial charge in [-0.15, -0.1) is 0 Å². The van der Waals surface area contributed by atoms with Crippen LogP contribution in [0.5, 0.6) is 0 Å². The van der Waals surface area contributed by atoms with Crippen molar-refractivity contribution in [2.24, 2.45) is 0 Å². The first kappa shape index (κ1) is 31.0. The topological polar surface area (TPSA) is 221 Å². The summed E-state index contributed by atoms with van der Waals surface area (Å²) in [6.45, 7) is 2.91. The van der Waals surface area contributed by atoms with Crippen LogP contribution in [-0.2, 0) is 30.4 Å². The number of nitrogens with one attached hydrogen (secondary N) is 2. The largest absolute Gasteiger partial charge is 0.354 e. The first-order valence-electron chi connectivity index (χ1n) is 12.4. The molecule has 0 unspecified atom stereocenters.